The quantitative estimate of drug-likeness (QED) is 0.514. The van der Waals surface area contributed by atoms with Crippen LogP contribution in [0.3, 0.4) is 0 Å². The summed E-state index contributed by atoms with van der Waals surface area (Å²) in [7, 11) is 3.09. The van der Waals surface area contributed by atoms with Gasteiger partial charge in [0.25, 0.3) is 5.91 Å². The topological polar surface area (TPSA) is 112 Å². The molecule has 0 aliphatic rings. The molecule has 0 aliphatic heterocycles. The van der Waals surface area contributed by atoms with E-state index < -0.39 is 31.3 Å². The largest absolute Gasteiger partial charge is 0.327 e. The van der Waals surface area contributed by atoms with Gasteiger partial charge in [-0.15, -0.1) is 0 Å². The molecule has 0 fully saturated rings. The van der Waals surface area contributed by atoms with E-state index in [0.29, 0.717) is 11.0 Å². The van der Waals surface area contributed by atoms with E-state index in [2.05, 4.69) is 6.58 Å². The number of hydrogen-bond acceptors (Lipinski definition) is 10. The number of halogens is 1. The Balaban J connectivity index is -0.000000388. The highest BCUT2D eigenvalue weighted by atomic mass is 32.9. The van der Waals surface area contributed by atoms with Gasteiger partial charge in [-0.2, -0.15) is 9.13 Å². The Morgan fingerprint density at radius 3 is 1.56 bits per heavy atom. The first-order valence-electron chi connectivity index (χ1n) is 6.39. The fourth-order valence-corrected chi connectivity index (χ4v) is 4.43. The molecule has 0 aliphatic carbocycles. The minimum atomic E-state index is -0.669. The van der Waals surface area contributed by atoms with Gasteiger partial charge in [0.1, 0.15) is 0 Å². The standard InChI is InChI=1S/C7H9NO3S2.C5H3NO3S2.2CH4.FH/c1-3-4(2)5(9)8-6(10)12-13-7(8)11;1-2-3(7)6-4(8)10-11-5(6)9;;;/h4H,3H2,1-2H3;2H,1H2;2*1H4;1H. The maximum atomic E-state index is 11.5. The number of carbonyl (C=O) groups is 2. The average Bonchev–Trinajstić information content (AvgIpc) is 3.07. The summed E-state index contributed by atoms with van der Waals surface area (Å²) in [6, 6.07) is 0. The van der Waals surface area contributed by atoms with Crippen LogP contribution < -0.4 is 19.5 Å². The van der Waals surface area contributed by atoms with Gasteiger partial charge in [-0.1, -0.05) is 35.3 Å². The molecule has 1 unspecified atom stereocenters. The van der Waals surface area contributed by atoms with Crippen LogP contribution >= 0.6 is 41.4 Å². The smallest absolute Gasteiger partial charge is 0.274 e. The lowest BCUT2D eigenvalue weighted by molar-refractivity contribution is 0.0836. The molecule has 2 aromatic heterocycles. The van der Waals surface area contributed by atoms with Crippen LogP contribution in [0.5, 0.6) is 0 Å². The number of carbonyl (C=O) groups excluding carboxylic acids is 2. The van der Waals surface area contributed by atoms with Crippen molar-refractivity contribution in [1.82, 2.24) is 9.13 Å². The summed E-state index contributed by atoms with van der Waals surface area (Å²) in [5, 5.41) is 0. The first-order valence-corrected chi connectivity index (χ1v) is 10.7. The van der Waals surface area contributed by atoms with Crippen molar-refractivity contribution < 1.29 is 14.3 Å². The van der Waals surface area contributed by atoms with Gasteiger partial charge in [-0.3, -0.25) is 33.5 Å². The van der Waals surface area contributed by atoms with Crippen LogP contribution in [0.25, 0.3) is 0 Å². The SMILES string of the molecule is C.C.C=CC(=O)n1c(=O)ssc1=O.CCC(C)C(=O)n1c(=O)ssc1=O.F. The molecule has 8 nitrogen and oxygen atoms in total. The molecule has 0 saturated heterocycles. The van der Waals surface area contributed by atoms with Gasteiger partial charge in [-0.05, 0) is 53.9 Å². The average molecular weight is 461 g/mol. The summed E-state index contributed by atoms with van der Waals surface area (Å²) in [5.41, 5.74) is 0. The molecule has 0 amide bonds. The Labute approximate surface area is 168 Å². The van der Waals surface area contributed by atoms with E-state index in [4.69, 9.17) is 0 Å². The minimum absolute atomic E-state index is 0. The molecule has 154 valence electrons. The van der Waals surface area contributed by atoms with Crippen molar-refractivity contribution in [1.29, 1.82) is 0 Å². The highest BCUT2D eigenvalue weighted by Gasteiger charge is 2.18. The molecule has 2 rings (SSSR count). The predicted octanol–water partition coefficient (Wildman–Crippen LogP) is 2.60. The molecule has 0 saturated carbocycles. The van der Waals surface area contributed by atoms with Gasteiger partial charge in [0.15, 0.2) is 0 Å². The van der Waals surface area contributed by atoms with Gasteiger partial charge >= 0.3 is 19.5 Å². The number of hydrogen-bond donors (Lipinski definition) is 0. The lowest BCUT2D eigenvalue weighted by atomic mass is 10.1. The van der Waals surface area contributed by atoms with E-state index in [-0.39, 0.29) is 25.5 Å². The van der Waals surface area contributed by atoms with Gasteiger partial charge in [-0.25, -0.2) is 0 Å². The van der Waals surface area contributed by atoms with Crippen molar-refractivity contribution in [2.75, 3.05) is 0 Å². The van der Waals surface area contributed by atoms with Crippen LogP contribution in [0.1, 0.15) is 44.7 Å². The normalized spacial score (nSPS) is 10.0. The maximum absolute atomic E-state index is 11.5. The maximum Gasteiger partial charge on any atom is 0.327 e. The van der Waals surface area contributed by atoms with Crippen molar-refractivity contribution in [2.45, 2.75) is 35.1 Å². The first-order chi connectivity index (χ1) is 11.2. The van der Waals surface area contributed by atoms with Crippen molar-refractivity contribution in [3.05, 3.63) is 51.3 Å². The van der Waals surface area contributed by atoms with Gasteiger partial charge < -0.3 is 0 Å². The van der Waals surface area contributed by atoms with Crippen LogP contribution in [0.2, 0.25) is 0 Å². The number of rotatable bonds is 3. The lowest BCUT2D eigenvalue weighted by Crippen LogP contribution is -2.34. The Morgan fingerprint density at radius 2 is 1.26 bits per heavy atom. The minimum Gasteiger partial charge on any atom is -0.274 e. The Kier molecular flexibility index (Phi) is 14.8. The molecule has 0 spiro atoms. The molecule has 1 atom stereocenters. The zero-order valence-corrected chi connectivity index (χ0v) is 16.2. The van der Waals surface area contributed by atoms with E-state index in [1.54, 1.807) is 6.92 Å². The zero-order valence-electron chi connectivity index (χ0n) is 13.0. The molecule has 0 radical (unpaired) electrons. The molecular weight excluding hydrogens is 439 g/mol. The molecule has 0 bridgehead atoms. The summed E-state index contributed by atoms with van der Waals surface area (Å²) in [6.07, 6.45) is 1.56. The summed E-state index contributed by atoms with van der Waals surface area (Å²) in [6.45, 7) is 6.71. The third-order valence-electron chi connectivity index (χ3n) is 2.75. The molecule has 13 heteroatoms. The van der Waals surface area contributed by atoms with Crippen molar-refractivity contribution >= 4 is 53.2 Å². The predicted molar refractivity (Wildman–Crippen MR) is 112 cm³/mol. The fourth-order valence-electron chi connectivity index (χ4n) is 1.29. The molecule has 0 aromatic carbocycles. The van der Waals surface area contributed by atoms with Crippen LogP contribution in [0.15, 0.2) is 31.8 Å². The van der Waals surface area contributed by atoms with E-state index in [0.717, 1.165) is 52.0 Å². The summed E-state index contributed by atoms with van der Waals surface area (Å²) < 4.78 is 1.28. The van der Waals surface area contributed by atoms with Crippen LogP contribution in [-0.2, 0) is 0 Å². The van der Waals surface area contributed by atoms with Crippen molar-refractivity contribution in [3.63, 3.8) is 0 Å². The summed E-state index contributed by atoms with van der Waals surface area (Å²) in [5.74, 6) is -1.33. The Morgan fingerprint density at radius 1 is 0.926 bits per heavy atom. The Hall–Kier alpha value is -1.83. The number of allylic oxidation sites excluding steroid dienone is 1. The second kappa shape index (κ2) is 13.4. The lowest BCUT2D eigenvalue weighted by Gasteiger charge is -2.04. The van der Waals surface area contributed by atoms with Crippen LogP contribution in [-0.4, -0.2) is 20.9 Å². The molecular formula is C14H21FN2O6S4. The first kappa shape index (κ1) is 29.9. The van der Waals surface area contributed by atoms with Gasteiger partial charge in [0.05, 0.1) is 0 Å². The third kappa shape index (κ3) is 7.36. The molecule has 2 heterocycles. The third-order valence-corrected chi connectivity index (χ3v) is 6.43. The fraction of sp³-hybridized carbons (Fsp3) is 0.429. The number of aromatic nitrogens is 2. The van der Waals surface area contributed by atoms with Gasteiger partial charge in [0, 0.05) is 5.92 Å². The second-order valence-corrected chi connectivity index (χ2v) is 8.32. The highest BCUT2D eigenvalue weighted by molar-refractivity contribution is 7.67. The van der Waals surface area contributed by atoms with Gasteiger partial charge in [0.2, 0.25) is 5.91 Å². The summed E-state index contributed by atoms with van der Waals surface area (Å²) >= 11 is 0. The van der Waals surface area contributed by atoms with E-state index >= 15 is 0 Å². The monoisotopic (exact) mass is 460 g/mol. The van der Waals surface area contributed by atoms with E-state index in [1.807, 2.05) is 6.92 Å². The molecule has 0 N–H and O–H groups in total. The highest BCUT2D eigenvalue weighted by Crippen LogP contribution is 2.03. The summed E-state index contributed by atoms with van der Waals surface area (Å²) in [4.78, 5) is 63.9. The van der Waals surface area contributed by atoms with Crippen molar-refractivity contribution in [2.24, 2.45) is 5.92 Å². The van der Waals surface area contributed by atoms with Crippen molar-refractivity contribution in [3.8, 4) is 0 Å². The molecule has 27 heavy (non-hydrogen) atoms. The van der Waals surface area contributed by atoms with E-state index in [9.17, 15) is 28.8 Å². The van der Waals surface area contributed by atoms with E-state index in [1.165, 1.54) is 0 Å². The van der Waals surface area contributed by atoms with Crippen LogP contribution in [0, 0.1) is 5.92 Å². The van der Waals surface area contributed by atoms with Crippen LogP contribution in [0.4, 0.5) is 4.70 Å². The molecule has 2 aromatic rings. The Bertz CT molecular complexity index is 922. The second-order valence-electron chi connectivity index (χ2n) is 4.26. The zero-order chi connectivity index (χ0) is 18.4. The number of nitrogens with zero attached hydrogens (tertiary/aromatic N) is 2.